The number of rotatable bonds is 5. The molecule has 0 saturated carbocycles. The van der Waals surface area contributed by atoms with E-state index in [1.807, 2.05) is 24.3 Å². The van der Waals surface area contributed by atoms with Gasteiger partial charge in [0.25, 0.3) is 5.91 Å². The molecule has 0 aliphatic rings. The predicted molar refractivity (Wildman–Crippen MR) is 121 cm³/mol. The van der Waals surface area contributed by atoms with Crippen LogP contribution < -0.4 is 10.7 Å². The largest absolute Gasteiger partial charge is 0.507 e. The number of hydrogen-bond acceptors (Lipinski definition) is 7. The normalized spacial score (nSPS) is 11.2. The standard InChI is InChI=1S/C23H17N7O2/c31-20-8-4-1-5-16(20)13-24-29-22(32)15-9-11-17(12-10-15)26-23-27-19-7-3-2-6-18(19)21-28-25-14-30(21)23/h1-14,31H,(H,26,27)(H,29,32)/b24-13+. The van der Waals surface area contributed by atoms with Gasteiger partial charge in [-0.1, -0.05) is 24.3 Å². The Balaban J connectivity index is 1.32. The van der Waals surface area contributed by atoms with Crippen LogP contribution >= 0.6 is 0 Å². The molecular weight excluding hydrogens is 406 g/mol. The molecule has 0 fully saturated rings. The van der Waals surface area contributed by atoms with Crippen LogP contribution in [0.4, 0.5) is 11.6 Å². The Morgan fingerprint density at radius 3 is 2.62 bits per heavy atom. The van der Waals surface area contributed by atoms with E-state index in [1.165, 1.54) is 6.21 Å². The zero-order valence-electron chi connectivity index (χ0n) is 16.7. The minimum Gasteiger partial charge on any atom is -0.507 e. The maximum Gasteiger partial charge on any atom is 0.271 e. The van der Waals surface area contributed by atoms with Crippen LogP contribution in [-0.4, -0.2) is 36.8 Å². The van der Waals surface area contributed by atoms with Crippen molar-refractivity contribution in [3.63, 3.8) is 0 Å². The number of benzene rings is 3. The van der Waals surface area contributed by atoms with Crippen LogP contribution in [-0.2, 0) is 0 Å². The van der Waals surface area contributed by atoms with Gasteiger partial charge >= 0.3 is 0 Å². The lowest BCUT2D eigenvalue weighted by atomic mass is 10.2. The monoisotopic (exact) mass is 423 g/mol. The Labute approximate surface area is 182 Å². The molecule has 2 heterocycles. The van der Waals surface area contributed by atoms with Crippen LogP contribution in [0.1, 0.15) is 15.9 Å². The van der Waals surface area contributed by atoms with E-state index < -0.39 is 0 Å². The number of hydrazone groups is 1. The Hall–Kier alpha value is -4.79. The van der Waals surface area contributed by atoms with Gasteiger partial charge in [0.05, 0.1) is 11.7 Å². The fourth-order valence-electron chi connectivity index (χ4n) is 3.25. The van der Waals surface area contributed by atoms with E-state index in [0.29, 0.717) is 22.7 Å². The van der Waals surface area contributed by atoms with Gasteiger partial charge < -0.3 is 10.4 Å². The minimum atomic E-state index is -0.367. The third kappa shape index (κ3) is 3.70. The predicted octanol–water partition coefficient (Wildman–Crippen LogP) is 3.49. The lowest BCUT2D eigenvalue weighted by Crippen LogP contribution is -2.17. The molecule has 2 aromatic heterocycles. The SMILES string of the molecule is O=C(N/N=C/c1ccccc1O)c1ccc(Nc2nc3ccccc3c3nncn23)cc1. The molecule has 5 aromatic rings. The Morgan fingerprint density at radius 1 is 1.00 bits per heavy atom. The molecule has 3 N–H and O–H groups in total. The number of amides is 1. The Bertz CT molecular complexity index is 1460. The minimum absolute atomic E-state index is 0.0884. The smallest absolute Gasteiger partial charge is 0.271 e. The van der Waals surface area contributed by atoms with E-state index in [0.717, 1.165) is 16.6 Å². The van der Waals surface area contributed by atoms with Crippen molar-refractivity contribution in [2.75, 3.05) is 5.32 Å². The highest BCUT2D eigenvalue weighted by Crippen LogP contribution is 2.22. The van der Waals surface area contributed by atoms with Crippen molar-refractivity contribution in [1.82, 2.24) is 25.0 Å². The number of phenolic OH excluding ortho intramolecular Hbond substituents is 1. The van der Waals surface area contributed by atoms with Crippen LogP contribution in [0, 0.1) is 0 Å². The Kier molecular flexibility index (Phi) is 4.89. The first kappa shape index (κ1) is 19.2. The molecule has 0 spiro atoms. The number of para-hydroxylation sites is 2. The summed E-state index contributed by atoms with van der Waals surface area (Å²) in [5.41, 5.74) is 5.65. The first-order valence-corrected chi connectivity index (χ1v) is 9.76. The molecule has 9 nitrogen and oxygen atoms in total. The van der Waals surface area contributed by atoms with Gasteiger partial charge in [0.2, 0.25) is 5.95 Å². The summed E-state index contributed by atoms with van der Waals surface area (Å²) in [4.78, 5) is 17.0. The molecule has 3 aromatic carbocycles. The first-order chi connectivity index (χ1) is 15.7. The topological polar surface area (TPSA) is 117 Å². The summed E-state index contributed by atoms with van der Waals surface area (Å²) in [6.07, 6.45) is 2.99. The average Bonchev–Trinajstić information content (AvgIpc) is 3.32. The molecule has 0 aliphatic heterocycles. The molecular formula is C23H17N7O2. The van der Waals surface area contributed by atoms with Gasteiger partial charge in [-0.2, -0.15) is 5.10 Å². The van der Waals surface area contributed by atoms with Gasteiger partial charge in [-0.25, -0.2) is 10.4 Å². The summed E-state index contributed by atoms with van der Waals surface area (Å²) in [6, 6.07) is 21.3. The van der Waals surface area contributed by atoms with Crippen LogP contribution in [0.2, 0.25) is 0 Å². The molecule has 1 amide bonds. The maximum atomic E-state index is 12.3. The highest BCUT2D eigenvalue weighted by atomic mass is 16.3. The lowest BCUT2D eigenvalue weighted by molar-refractivity contribution is 0.0955. The van der Waals surface area contributed by atoms with Crippen LogP contribution in [0.3, 0.4) is 0 Å². The van der Waals surface area contributed by atoms with Gasteiger partial charge in [0.1, 0.15) is 12.1 Å². The maximum absolute atomic E-state index is 12.3. The number of nitrogens with zero attached hydrogens (tertiary/aromatic N) is 5. The van der Waals surface area contributed by atoms with Crippen LogP contribution in [0.25, 0.3) is 16.6 Å². The van der Waals surface area contributed by atoms with E-state index in [4.69, 9.17) is 0 Å². The van der Waals surface area contributed by atoms with Crippen molar-refractivity contribution >= 4 is 40.3 Å². The van der Waals surface area contributed by atoms with Crippen molar-refractivity contribution in [3.05, 3.63) is 90.3 Å². The van der Waals surface area contributed by atoms with Gasteiger partial charge in [0.15, 0.2) is 5.65 Å². The fraction of sp³-hybridized carbons (Fsp3) is 0. The lowest BCUT2D eigenvalue weighted by Gasteiger charge is -2.10. The first-order valence-electron chi connectivity index (χ1n) is 9.76. The van der Waals surface area contributed by atoms with Gasteiger partial charge in [-0.15, -0.1) is 10.2 Å². The fourth-order valence-corrected chi connectivity index (χ4v) is 3.25. The van der Waals surface area contributed by atoms with Crippen molar-refractivity contribution in [2.45, 2.75) is 0 Å². The zero-order chi connectivity index (χ0) is 21.9. The van der Waals surface area contributed by atoms with E-state index in [1.54, 1.807) is 59.3 Å². The molecule has 9 heteroatoms. The number of carbonyl (C=O) groups excluding carboxylic acids is 1. The van der Waals surface area contributed by atoms with Crippen molar-refractivity contribution in [3.8, 4) is 5.75 Å². The summed E-state index contributed by atoms with van der Waals surface area (Å²) in [6.45, 7) is 0. The van der Waals surface area contributed by atoms with E-state index in [9.17, 15) is 9.90 Å². The van der Waals surface area contributed by atoms with Gasteiger partial charge in [-0.05, 0) is 48.5 Å². The summed E-state index contributed by atoms with van der Waals surface area (Å²) >= 11 is 0. The highest BCUT2D eigenvalue weighted by molar-refractivity contribution is 5.95. The second-order valence-corrected chi connectivity index (χ2v) is 6.94. The second-order valence-electron chi connectivity index (χ2n) is 6.94. The highest BCUT2D eigenvalue weighted by Gasteiger charge is 2.10. The number of hydrogen-bond donors (Lipinski definition) is 3. The van der Waals surface area contributed by atoms with E-state index in [-0.39, 0.29) is 11.7 Å². The Morgan fingerprint density at radius 2 is 1.78 bits per heavy atom. The number of fused-ring (bicyclic) bond motifs is 3. The number of phenols is 1. The van der Waals surface area contributed by atoms with Gasteiger partial charge in [-0.3, -0.25) is 9.20 Å². The molecule has 0 atom stereocenters. The summed E-state index contributed by atoms with van der Waals surface area (Å²) in [5.74, 6) is 0.284. The third-order valence-electron chi connectivity index (χ3n) is 4.86. The molecule has 0 unspecified atom stereocenters. The van der Waals surface area contributed by atoms with E-state index in [2.05, 4.69) is 31.0 Å². The van der Waals surface area contributed by atoms with Crippen molar-refractivity contribution < 1.29 is 9.90 Å². The molecule has 156 valence electrons. The summed E-state index contributed by atoms with van der Waals surface area (Å²) in [7, 11) is 0. The second kappa shape index (κ2) is 8.15. The average molecular weight is 423 g/mol. The number of carbonyl (C=O) groups is 1. The molecule has 0 aliphatic carbocycles. The zero-order valence-corrected chi connectivity index (χ0v) is 16.7. The van der Waals surface area contributed by atoms with Crippen molar-refractivity contribution in [2.24, 2.45) is 5.10 Å². The summed E-state index contributed by atoms with van der Waals surface area (Å²) < 4.78 is 1.77. The molecule has 0 radical (unpaired) electrons. The summed E-state index contributed by atoms with van der Waals surface area (Å²) in [5, 5.41) is 26.0. The number of aromatic hydroxyl groups is 1. The molecule has 32 heavy (non-hydrogen) atoms. The molecule has 0 saturated heterocycles. The molecule has 0 bridgehead atoms. The third-order valence-corrected chi connectivity index (χ3v) is 4.86. The quantitative estimate of drug-likeness (QED) is 0.294. The van der Waals surface area contributed by atoms with E-state index >= 15 is 0 Å². The number of nitrogens with one attached hydrogen (secondary N) is 2. The van der Waals surface area contributed by atoms with Gasteiger partial charge in [0, 0.05) is 22.2 Å². The number of aromatic nitrogens is 4. The molecule has 5 rings (SSSR count). The number of anilines is 2. The van der Waals surface area contributed by atoms with Crippen LogP contribution in [0.5, 0.6) is 5.75 Å². The van der Waals surface area contributed by atoms with Crippen LogP contribution in [0.15, 0.2) is 84.2 Å². The van der Waals surface area contributed by atoms with Crippen molar-refractivity contribution in [1.29, 1.82) is 0 Å².